The first-order valence-electron chi connectivity index (χ1n) is 11.6. The number of rotatable bonds is 10. The molecule has 1 fully saturated rings. The molecule has 3 rings (SSSR count). The molecule has 0 saturated carbocycles. The fraction of sp³-hybridized carbons (Fsp3) is 0.519. The van der Waals surface area contributed by atoms with Crippen molar-refractivity contribution in [2.75, 3.05) is 26.9 Å². The van der Waals surface area contributed by atoms with Crippen molar-refractivity contribution in [1.29, 1.82) is 0 Å². The fourth-order valence-corrected chi connectivity index (χ4v) is 4.49. The normalized spacial score (nSPS) is 17.8. The van der Waals surface area contributed by atoms with Gasteiger partial charge in [-0.25, -0.2) is 4.79 Å². The van der Waals surface area contributed by atoms with Crippen LogP contribution in [0.4, 0.5) is 4.79 Å². The Labute approximate surface area is 198 Å². The van der Waals surface area contributed by atoms with E-state index >= 15 is 0 Å². The maximum Gasteiger partial charge on any atom is 0.412 e. The molecule has 1 amide bonds. The summed E-state index contributed by atoms with van der Waals surface area (Å²) >= 11 is 0. The summed E-state index contributed by atoms with van der Waals surface area (Å²) in [5.41, 5.74) is 1.32. The lowest BCUT2D eigenvalue weighted by atomic mass is 10.0. The Morgan fingerprint density at radius 2 is 1.55 bits per heavy atom. The first kappa shape index (κ1) is 25.2. The molecule has 0 unspecified atom stereocenters. The van der Waals surface area contributed by atoms with Gasteiger partial charge < -0.3 is 14.2 Å². The van der Waals surface area contributed by atoms with E-state index in [0.29, 0.717) is 13.2 Å². The minimum absolute atomic E-state index is 0.00376. The van der Waals surface area contributed by atoms with Gasteiger partial charge in [-0.3, -0.25) is 9.80 Å². The molecule has 2 aromatic rings. The molecular weight excluding hydrogens is 416 g/mol. The number of ether oxygens (including phenoxy) is 3. The molecule has 1 heterocycles. The van der Waals surface area contributed by atoms with E-state index in [1.165, 1.54) is 11.1 Å². The van der Waals surface area contributed by atoms with Crippen LogP contribution in [0.2, 0.25) is 0 Å². The van der Waals surface area contributed by atoms with E-state index in [9.17, 15) is 4.79 Å². The quantitative estimate of drug-likeness (QED) is 0.501. The lowest BCUT2D eigenvalue weighted by Gasteiger charge is -2.38. The van der Waals surface area contributed by atoms with Crippen LogP contribution in [0.1, 0.15) is 45.2 Å². The highest BCUT2D eigenvalue weighted by atomic mass is 16.6. The fourth-order valence-electron chi connectivity index (χ4n) is 4.49. The molecule has 33 heavy (non-hydrogen) atoms. The predicted octanol–water partition coefficient (Wildman–Crippen LogP) is 5.08. The molecule has 0 radical (unpaired) electrons. The Morgan fingerprint density at radius 1 is 1.00 bits per heavy atom. The average Bonchev–Trinajstić information content (AvgIpc) is 3.02. The van der Waals surface area contributed by atoms with Gasteiger partial charge in [0.2, 0.25) is 0 Å². The van der Waals surface area contributed by atoms with Crippen LogP contribution in [0.25, 0.3) is 0 Å². The highest BCUT2D eigenvalue weighted by molar-refractivity contribution is 5.70. The van der Waals surface area contributed by atoms with Gasteiger partial charge >= 0.3 is 6.09 Å². The van der Waals surface area contributed by atoms with E-state index in [2.05, 4.69) is 53.4 Å². The standard InChI is InChI=1S/C27H38N2O4/c1-26(2)21-33-27(3,4)29(26)25(30)32-20-24(16-17-31-5)28(18-22-12-8-6-9-13-22)19-23-14-10-7-11-15-23/h6-15,24H,16-21H2,1-5H3/t24-/m0/s1. The SMILES string of the molecule is COCC[C@@H](COC(=O)N1C(C)(C)COC1(C)C)N(Cc1ccccc1)Cc1ccccc1. The van der Waals surface area contributed by atoms with Crippen molar-refractivity contribution in [2.45, 2.75) is 64.5 Å². The Balaban J connectivity index is 1.78. The van der Waals surface area contributed by atoms with Crippen LogP contribution in [0, 0.1) is 0 Å². The molecular formula is C27H38N2O4. The van der Waals surface area contributed by atoms with Crippen molar-refractivity contribution in [3.05, 3.63) is 71.8 Å². The van der Waals surface area contributed by atoms with Crippen LogP contribution in [-0.4, -0.2) is 60.1 Å². The van der Waals surface area contributed by atoms with E-state index in [-0.39, 0.29) is 18.7 Å². The summed E-state index contributed by atoms with van der Waals surface area (Å²) in [6, 6.07) is 20.8. The molecule has 1 atom stereocenters. The monoisotopic (exact) mass is 454 g/mol. The topological polar surface area (TPSA) is 51.2 Å². The molecule has 0 aromatic heterocycles. The zero-order valence-corrected chi connectivity index (χ0v) is 20.6. The van der Waals surface area contributed by atoms with E-state index in [1.54, 1.807) is 12.0 Å². The lowest BCUT2D eigenvalue weighted by Crippen LogP contribution is -2.53. The third-order valence-corrected chi connectivity index (χ3v) is 6.13. The molecule has 0 N–H and O–H groups in total. The minimum atomic E-state index is -0.698. The van der Waals surface area contributed by atoms with Crippen LogP contribution in [0.5, 0.6) is 0 Å². The summed E-state index contributed by atoms with van der Waals surface area (Å²) in [5.74, 6) is 0. The number of hydrogen-bond acceptors (Lipinski definition) is 5. The third-order valence-electron chi connectivity index (χ3n) is 6.13. The molecule has 1 aliphatic heterocycles. The summed E-state index contributed by atoms with van der Waals surface area (Å²) in [6.07, 6.45) is 0.413. The average molecular weight is 455 g/mol. The van der Waals surface area contributed by atoms with E-state index in [0.717, 1.165) is 19.5 Å². The van der Waals surface area contributed by atoms with E-state index < -0.39 is 11.3 Å². The summed E-state index contributed by atoms with van der Waals surface area (Å²) in [5, 5.41) is 0. The Kier molecular flexibility index (Phi) is 8.51. The molecule has 180 valence electrons. The molecule has 0 spiro atoms. The predicted molar refractivity (Wildman–Crippen MR) is 130 cm³/mol. The van der Waals surface area contributed by atoms with Gasteiger partial charge in [-0.2, -0.15) is 0 Å². The van der Waals surface area contributed by atoms with Crippen LogP contribution in [-0.2, 0) is 27.3 Å². The molecule has 1 saturated heterocycles. The second-order valence-corrected chi connectivity index (χ2v) is 9.77. The Bertz CT molecular complexity index is 813. The van der Waals surface area contributed by atoms with Gasteiger partial charge in [0, 0.05) is 32.8 Å². The molecule has 2 aromatic carbocycles. The van der Waals surface area contributed by atoms with Gasteiger partial charge in [0.15, 0.2) is 0 Å². The van der Waals surface area contributed by atoms with Gasteiger partial charge in [0.05, 0.1) is 12.1 Å². The highest BCUT2D eigenvalue weighted by Gasteiger charge is 2.49. The largest absolute Gasteiger partial charge is 0.448 e. The maximum atomic E-state index is 13.2. The van der Waals surface area contributed by atoms with Crippen molar-refractivity contribution in [3.8, 4) is 0 Å². The molecule has 0 bridgehead atoms. The number of amides is 1. The summed E-state index contributed by atoms with van der Waals surface area (Å²) in [6.45, 7) is 10.7. The van der Waals surface area contributed by atoms with Crippen LogP contribution < -0.4 is 0 Å². The zero-order valence-electron chi connectivity index (χ0n) is 20.6. The van der Waals surface area contributed by atoms with Gasteiger partial charge in [-0.05, 0) is 45.2 Å². The second-order valence-electron chi connectivity index (χ2n) is 9.77. The third kappa shape index (κ3) is 6.79. The van der Waals surface area contributed by atoms with Gasteiger partial charge in [-0.1, -0.05) is 60.7 Å². The van der Waals surface area contributed by atoms with Crippen LogP contribution >= 0.6 is 0 Å². The van der Waals surface area contributed by atoms with Crippen molar-refractivity contribution in [2.24, 2.45) is 0 Å². The second kappa shape index (κ2) is 11.1. The smallest absolute Gasteiger partial charge is 0.412 e. The number of nitrogens with zero attached hydrogens (tertiary/aromatic N) is 2. The number of hydrogen-bond donors (Lipinski definition) is 0. The maximum absolute atomic E-state index is 13.2. The van der Waals surface area contributed by atoms with E-state index in [1.807, 2.05) is 39.8 Å². The number of benzene rings is 2. The van der Waals surface area contributed by atoms with Gasteiger partial charge in [0.25, 0.3) is 0 Å². The van der Waals surface area contributed by atoms with E-state index in [4.69, 9.17) is 14.2 Å². The summed E-state index contributed by atoms with van der Waals surface area (Å²) in [7, 11) is 1.70. The number of carbonyl (C=O) groups excluding carboxylic acids is 1. The van der Waals surface area contributed by atoms with Gasteiger partial charge in [-0.15, -0.1) is 0 Å². The Morgan fingerprint density at radius 3 is 2.00 bits per heavy atom. The summed E-state index contributed by atoms with van der Waals surface area (Å²) in [4.78, 5) is 17.3. The van der Waals surface area contributed by atoms with Crippen LogP contribution in [0.3, 0.4) is 0 Å². The van der Waals surface area contributed by atoms with Crippen molar-refractivity contribution in [1.82, 2.24) is 9.80 Å². The zero-order chi connectivity index (χ0) is 23.9. The molecule has 1 aliphatic rings. The summed E-state index contributed by atoms with van der Waals surface area (Å²) < 4.78 is 17.2. The molecule has 0 aliphatic carbocycles. The highest BCUT2D eigenvalue weighted by Crippen LogP contribution is 2.35. The Hall–Kier alpha value is -2.41. The first-order chi connectivity index (χ1) is 15.7. The van der Waals surface area contributed by atoms with Gasteiger partial charge in [0.1, 0.15) is 12.3 Å². The molecule has 6 heteroatoms. The van der Waals surface area contributed by atoms with Crippen molar-refractivity contribution >= 4 is 6.09 Å². The minimum Gasteiger partial charge on any atom is -0.448 e. The van der Waals surface area contributed by atoms with Crippen molar-refractivity contribution < 1.29 is 19.0 Å². The lowest BCUT2D eigenvalue weighted by molar-refractivity contribution is -0.0559. The number of carbonyl (C=O) groups is 1. The first-order valence-corrected chi connectivity index (χ1v) is 11.6. The molecule has 6 nitrogen and oxygen atoms in total. The number of methoxy groups -OCH3 is 1. The van der Waals surface area contributed by atoms with Crippen LogP contribution in [0.15, 0.2) is 60.7 Å². The van der Waals surface area contributed by atoms with Crippen molar-refractivity contribution in [3.63, 3.8) is 0 Å².